The van der Waals surface area contributed by atoms with E-state index in [-0.39, 0.29) is 23.9 Å². The quantitative estimate of drug-likeness (QED) is 0.633. The first kappa shape index (κ1) is 19.4. The fourth-order valence-electron chi connectivity index (χ4n) is 3.27. The van der Waals surface area contributed by atoms with Crippen LogP contribution in [0, 0.1) is 5.92 Å². The highest BCUT2D eigenvalue weighted by Crippen LogP contribution is 2.24. The van der Waals surface area contributed by atoms with Crippen molar-refractivity contribution in [2.75, 3.05) is 10.6 Å². The number of para-hydroxylation sites is 1. The van der Waals surface area contributed by atoms with Crippen LogP contribution in [0.1, 0.15) is 36.0 Å². The van der Waals surface area contributed by atoms with Gasteiger partial charge in [-0.05, 0) is 62.1 Å². The molecule has 1 aliphatic rings. The van der Waals surface area contributed by atoms with Crippen molar-refractivity contribution in [2.45, 2.75) is 31.7 Å². The van der Waals surface area contributed by atoms with Gasteiger partial charge in [-0.15, -0.1) is 0 Å². The van der Waals surface area contributed by atoms with Gasteiger partial charge in [-0.2, -0.15) is 0 Å². The van der Waals surface area contributed by atoms with Crippen LogP contribution >= 0.6 is 0 Å². The summed E-state index contributed by atoms with van der Waals surface area (Å²) in [5, 5.41) is 17.4. The Bertz CT molecular complexity index is 828. The molecule has 0 spiro atoms. The van der Waals surface area contributed by atoms with E-state index in [9.17, 15) is 14.4 Å². The molecule has 0 saturated heterocycles. The van der Waals surface area contributed by atoms with Crippen LogP contribution in [0.5, 0.6) is 0 Å². The number of carbonyl (C=O) groups excluding carboxylic acids is 2. The molecule has 1 saturated carbocycles. The highest BCUT2D eigenvalue weighted by molar-refractivity contribution is 6.04. The second-order valence-electron chi connectivity index (χ2n) is 6.88. The van der Waals surface area contributed by atoms with Crippen LogP contribution in [0.15, 0.2) is 54.6 Å². The van der Waals surface area contributed by atoms with Crippen molar-refractivity contribution < 1.29 is 19.5 Å². The molecule has 7 heteroatoms. The second-order valence-corrected chi connectivity index (χ2v) is 6.88. The molecular weight excluding hydrogens is 358 g/mol. The summed E-state index contributed by atoms with van der Waals surface area (Å²) >= 11 is 0. The van der Waals surface area contributed by atoms with Crippen LogP contribution in [0.4, 0.5) is 16.2 Å². The van der Waals surface area contributed by atoms with Crippen molar-refractivity contribution in [1.29, 1.82) is 0 Å². The van der Waals surface area contributed by atoms with Crippen molar-refractivity contribution in [1.82, 2.24) is 5.32 Å². The molecule has 28 heavy (non-hydrogen) atoms. The Hall–Kier alpha value is -3.35. The van der Waals surface area contributed by atoms with E-state index in [1.54, 1.807) is 24.3 Å². The molecule has 0 aromatic heterocycles. The monoisotopic (exact) mass is 381 g/mol. The predicted octanol–water partition coefficient (Wildman–Crippen LogP) is 3.70. The van der Waals surface area contributed by atoms with E-state index < -0.39 is 5.97 Å². The van der Waals surface area contributed by atoms with Crippen LogP contribution in [0.25, 0.3) is 0 Å². The van der Waals surface area contributed by atoms with Crippen molar-refractivity contribution >= 4 is 29.3 Å². The fourth-order valence-corrected chi connectivity index (χ4v) is 3.27. The maximum absolute atomic E-state index is 12.2. The lowest BCUT2D eigenvalue weighted by atomic mass is 9.86. The van der Waals surface area contributed by atoms with Gasteiger partial charge in [0.1, 0.15) is 0 Å². The fraction of sp³-hybridized carbons (Fsp3) is 0.286. The van der Waals surface area contributed by atoms with E-state index in [1.807, 2.05) is 30.3 Å². The summed E-state index contributed by atoms with van der Waals surface area (Å²) < 4.78 is 0. The summed E-state index contributed by atoms with van der Waals surface area (Å²) in [6, 6.07) is 15.4. The molecule has 146 valence electrons. The molecule has 7 nitrogen and oxygen atoms in total. The lowest BCUT2D eigenvalue weighted by Crippen LogP contribution is -2.40. The number of aliphatic carboxylic acids is 1. The average Bonchev–Trinajstić information content (AvgIpc) is 2.69. The molecule has 3 rings (SSSR count). The topological polar surface area (TPSA) is 108 Å². The average molecular weight is 381 g/mol. The van der Waals surface area contributed by atoms with Gasteiger partial charge in [0, 0.05) is 23.0 Å². The number of benzene rings is 2. The molecule has 1 aliphatic carbocycles. The maximum atomic E-state index is 12.2. The van der Waals surface area contributed by atoms with Crippen LogP contribution in [0.3, 0.4) is 0 Å². The SMILES string of the molecule is O=C(Nc1ccc(C(=O)Nc2ccccc2)cc1)NC1CCC(C(=O)O)CC1. The molecule has 2 aromatic rings. The lowest BCUT2D eigenvalue weighted by molar-refractivity contribution is -0.142. The van der Waals surface area contributed by atoms with Gasteiger partial charge in [0.25, 0.3) is 5.91 Å². The third-order valence-corrected chi connectivity index (χ3v) is 4.85. The maximum Gasteiger partial charge on any atom is 0.319 e. The first-order valence-electron chi connectivity index (χ1n) is 9.28. The number of carboxylic acid groups (broad SMARTS) is 1. The van der Waals surface area contributed by atoms with E-state index in [2.05, 4.69) is 16.0 Å². The number of rotatable bonds is 5. The van der Waals surface area contributed by atoms with Crippen LogP contribution in [-0.2, 0) is 4.79 Å². The minimum absolute atomic E-state index is 0.0217. The molecule has 1 fully saturated rings. The van der Waals surface area contributed by atoms with Gasteiger partial charge >= 0.3 is 12.0 Å². The summed E-state index contributed by atoms with van der Waals surface area (Å²) in [6.45, 7) is 0. The number of hydrogen-bond donors (Lipinski definition) is 4. The number of nitrogens with one attached hydrogen (secondary N) is 3. The van der Waals surface area contributed by atoms with Gasteiger partial charge < -0.3 is 21.1 Å². The Morgan fingerprint density at radius 1 is 0.786 bits per heavy atom. The molecule has 4 N–H and O–H groups in total. The van der Waals surface area contributed by atoms with Crippen LogP contribution < -0.4 is 16.0 Å². The summed E-state index contributed by atoms with van der Waals surface area (Å²) in [5.74, 6) is -1.30. The standard InChI is InChI=1S/C21H23N3O4/c25-19(22-16-4-2-1-3-5-16)14-6-10-17(11-7-14)23-21(28)24-18-12-8-15(9-13-18)20(26)27/h1-7,10-11,15,18H,8-9,12-13H2,(H,22,25)(H,26,27)(H2,23,24,28). The lowest BCUT2D eigenvalue weighted by Gasteiger charge is -2.26. The molecule has 2 aromatic carbocycles. The van der Waals surface area contributed by atoms with Crippen LogP contribution in [0.2, 0.25) is 0 Å². The number of amides is 3. The largest absolute Gasteiger partial charge is 0.481 e. The predicted molar refractivity (Wildman–Crippen MR) is 106 cm³/mol. The highest BCUT2D eigenvalue weighted by Gasteiger charge is 2.26. The molecule has 0 aliphatic heterocycles. The number of anilines is 2. The molecule has 3 amide bonds. The third-order valence-electron chi connectivity index (χ3n) is 4.85. The molecule has 0 radical (unpaired) electrons. The number of urea groups is 1. The summed E-state index contributed by atoms with van der Waals surface area (Å²) in [5.41, 5.74) is 1.78. The van der Waals surface area contributed by atoms with E-state index in [0.29, 0.717) is 42.6 Å². The third kappa shape index (κ3) is 5.33. The Kier molecular flexibility index (Phi) is 6.26. The molecule has 0 heterocycles. The van der Waals surface area contributed by atoms with E-state index in [4.69, 9.17) is 5.11 Å². The van der Waals surface area contributed by atoms with Gasteiger partial charge in [0.2, 0.25) is 0 Å². The van der Waals surface area contributed by atoms with E-state index in [0.717, 1.165) is 0 Å². The number of hydrogen-bond acceptors (Lipinski definition) is 3. The Labute approximate surface area is 163 Å². The smallest absolute Gasteiger partial charge is 0.319 e. The van der Waals surface area contributed by atoms with Crippen molar-refractivity contribution in [3.05, 3.63) is 60.2 Å². The molecule has 0 atom stereocenters. The zero-order valence-electron chi connectivity index (χ0n) is 15.4. The summed E-state index contributed by atoms with van der Waals surface area (Å²) in [7, 11) is 0. The number of carbonyl (C=O) groups is 3. The first-order chi connectivity index (χ1) is 13.5. The highest BCUT2D eigenvalue weighted by atomic mass is 16.4. The van der Waals surface area contributed by atoms with Crippen LogP contribution in [-0.4, -0.2) is 29.1 Å². The zero-order valence-corrected chi connectivity index (χ0v) is 15.4. The van der Waals surface area contributed by atoms with Crippen molar-refractivity contribution in [3.8, 4) is 0 Å². The number of carboxylic acids is 1. The summed E-state index contributed by atoms with van der Waals surface area (Å²) in [4.78, 5) is 35.3. The minimum Gasteiger partial charge on any atom is -0.481 e. The van der Waals surface area contributed by atoms with Gasteiger partial charge in [0.15, 0.2) is 0 Å². The summed E-state index contributed by atoms with van der Waals surface area (Å²) in [6.07, 6.45) is 2.46. The van der Waals surface area contributed by atoms with Gasteiger partial charge in [-0.25, -0.2) is 4.79 Å². The van der Waals surface area contributed by atoms with E-state index >= 15 is 0 Å². The second kappa shape index (κ2) is 9.03. The Morgan fingerprint density at radius 2 is 1.39 bits per heavy atom. The molecular formula is C21H23N3O4. The first-order valence-corrected chi connectivity index (χ1v) is 9.28. The van der Waals surface area contributed by atoms with Gasteiger partial charge in [-0.3, -0.25) is 9.59 Å². The van der Waals surface area contributed by atoms with E-state index in [1.165, 1.54) is 0 Å². The van der Waals surface area contributed by atoms with Gasteiger partial charge in [0.05, 0.1) is 5.92 Å². The van der Waals surface area contributed by atoms with Crippen molar-refractivity contribution in [3.63, 3.8) is 0 Å². The normalized spacial score (nSPS) is 18.7. The Morgan fingerprint density at radius 3 is 2.00 bits per heavy atom. The van der Waals surface area contributed by atoms with Gasteiger partial charge in [-0.1, -0.05) is 18.2 Å². The van der Waals surface area contributed by atoms with Crippen molar-refractivity contribution in [2.24, 2.45) is 5.92 Å². The zero-order chi connectivity index (χ0) is 19.9. The minimum atomic E-state index is -0.765. The molecule has 0 bridgehead atoms. The Balaban J connectivity index is 1.48. The molecule has 0 unspecified atom stereocenters.